The molecular weight excluding hydrogens is 799 g/mol. The van der Waals surface area contributed by atoms with E-state index in [0.717, 1.165) is 38.5 Å². The first kappa shape index (κ1) is 60.2. The summed E-state index contributed by atoms with van der Waals surface area (Å²) >= 11 is 0. The zero-order chi connectivity index (χ0) is 46.4. The number of hydrogen-bond donors (Lipinski definition) is 2. The molecule has 0 saturated carbocycles. The van der Waals surface area contributed by atoms with Crippen molar-refractivity contribution in [2.45, 2.75) is 219 Å². The highest BCUT2D eigenvalue weighted by Gasteiger charge is 2.17. The molecule has 0 unspecified atom stereocenters. The molecule has 0 heterocycles. The minimum absolute atomic E-state index is 0.0496. The summed E-state index contributed by atoms with van der Waals surface area (Å²) in [4.78, 5) is 64.1. The third-order valence-corrected chi connectivity index (χ3v) is 12.0. The first-order valence-electron chi connectivity index (χ1n) is 25.9. The number of unbranched alkanes of at least 4 members (excludes halogenated alkanes) is 30. The van der Waals surface area contributed by atoms with Gasteiger partial charge < -0.3 is 40.3 Å². The monoisotopic (exact) mass is 893 g/mol. The van der Waals surface area contributed by atoms with Crippen LogP contribution in [0.15, 0.2) is 0 Å². The summed E-state index contributed by atoms with van der Waals surface area (Å²) in [5.74, 6) is -4.74. The third-order valence-electron chi connectivity index (χ3n) is 12.0. The van der Waals surface area contributed by atoms with Crippen LogP contribution in [-0.2, 0) is 24.0 Å². The van der Waals surface area contributed by atoms with Crippen molar-refractivity contribution in [2.24, 2.45) is 0 Å². The molecule has 0 aromatic rings. The zero-order valence-corrected chi connectivity index (χ0v) is 40.5. The van der Waals surface area contributed by atoms with Crippen LogP contribution in [0.1, 0.15) is 219 Å². The van der Waals surface area contributed by atoms with E-state index in [1.807, 2.05) is 0 Å². The van der Waals surface area contributed by atoms with Crippen molar-refractivity contribution in [3.63, 3.8) is 0 Å². The van der Waals surface area contributed by atoms with Gasteiger partial charge in [-0.1, -0.05) is 206 Å². The van der Waals surface area contributed by atoms with Gasteiger partial charge in [0.1, 0.15) is 0 Å². The fourth-order valence-corrected chi connectivity index (χ4v) is 8.13. The van der Waals surface area contributed by atoms with E-state index in [0.29, 0.717) is 13.1 Å². The average molecular weight is 893 g/mol. The number of rotatable bonds is 50. The largest absolute Gasteiger partial charge is 0.549 e. The van der Waals surface area contributed by atoms with Crippen LogP contribution in [0.25, 0.3) is 0 Å². The molecule has 2 N–H and O–H groups in total. The Kier molecular flexibility index (Phi) is 43.8. The van der Waals surface area contributed by atoms with Crippen molar-refractivity contribution in [1.29, 1.82) is 0 Å². The molecule has 0 aliphatic rings. The van der Waals surface area contributed by atoms with Gasteiger partial charge in [0.25, 0.3) is 0 Å². The fourth-order valence-electron chi connectivity index (χ4n) is 8.13. The second-order valence-electron chi connectivity index (χ2n) is 18.1. The molecule has 0 aromatic heterocycles. The Labute approximate surface area is 384 Å². The van der Waals surface area contributed by atoms with Crippen LogP contribution < -0.4 is 26.0 Å². The second kappa shape index (κ2) is 45.8. The molecule has 63 heavy (non-hydrogen) atoms. The lowest BCUT2D eigenvalue weighted by Gasteiger charge is -2.30. The van der Waals surface area contributed by atoms with Gasteiger partial charge in [-0.25, -0.2) is 0 Å². The number of carbonyl (C=O) groups is 5. The normalized spacial score (nSPS) is 11.5. The fraction of sp³-hybridized carbons (Fsp3) is 0.900. The van der Waals surface area contributed by atoms with Crippen LogP contribution in [0.5, 0.6) is 0 Å². The van der Waals surface area contributed by atoms with E-state index in [1.54, 1.807) is 0 Å². The first-order chi connectivity index (χ1) is 30.6. The SMILES string of the molecule is CCCCCCCCCCCCCCCCCCNC(=O)CN(CCN(CCN(CC(=O)[O-])CC(=O)NCCCCCCCCCCCCCCCCCC)CC(=O)[O-])CC(=O)[O-]. The van der Waals surface area contributed by atoms with Crippen molar-refractivity contribution in [3.05, 3.63) is 0 Å². The lowest BCUT2D eigenvalue weighted by molar-refractivity contribution is -0.308. The molecular formula is C50H94N5O8-3. The number of carboxylic acid groups (broad SMARTS) is 3. The first-order valence-corrected chi connectivity index (χ1v) is 25.9. The number of hydrogen-bond acceptors (Lipinski definition) is 11. The highest BCUT2D eigenvalue weighted by Crippen LogP contribution is 2.15. The molecule has 0 radical (unpaired) electrons. The summed E-state index contributed by atoms with van der Waals surface area (Å²) < 4.78 is 0. The van der Waals surface area contributed by atoms with E-state index in [9.17, 15) is 39.3 Å². The van der Waals surface area contributed by atoms with Gasteiger partial charge in [-0.3, -0.25) is 24.3 Å². The smallest absolute Gasteiger partial charge is 0.234 e. The molecule has 0 atom stereocenters. The van der Waals surface area contributed by atoms with Crippen LogP contribution in [0, 0.1) is 0 Å². The standard InChI is InChI=1S/C50H97N5O8/c1-3-5-7-9-11-13-15-17-19-21-23-25-27-29-31-33-35-51-46(56)41-54(44-49(60)61)39-37-53(43-48(58)59)38-40-55(45-50(62)63)42-47(57)52-36-34-32-30-28-26-24-22-20-18-16-14-12-10-8-6-4-2/h3-45H2,1-2H3,(H,51,56)(H,52,57)(H,58,59)(H,60,61)(H,62,63)/p-3. The van der Waals surface area contributed by atoms with Gasteiger partial charge in [-0.05, 0) is 12.8 Å². The molecule has 13 nitrogen and oxygen atoms in total. The number of amides is 2. The van der Waals surface area contributed by atoms with Crippen LogP contribution in [0.2, 0.25) is 0 Å². The minimum Gasteiger partial charge on any atom is -0.549 e. The predicted molar refractivity (Wildman–Crippen MR) is 249 cm³/mol. The maximum atomic E-state index is 12.7. The molecule has 13 heteroatoms. The Balaban J connectivity index is 4.36. The zero-order valence-electron chi connectivity index (χ0n) is 40.5. The van der Waals surface area contributed by atoms with E-state index in [1.165, 1.54) is 182 Å². The second-order valence-corrected chi connectivity index (χ2v) is 18.1. The van der Waals surface area contributed by atoms with Gasteiger partial charge in [0.15, 0.2) is 0 Å². The van der Waals surface area contributed by atoms with Gasteiger partial charge in [0.05, 0.1) is 31.0 Å². The molecule has 0 spiro atoms. The van der Waals surface area contributed by atoms with E-state index in [4.69, 9.17) is 0 Å². The van der Waals surface area contributed by atoms with Crippen LogP contribution in [-0.4, -0.2) is 116 Å². The Morgan fingerprint density at radius 3 is 0.746 bits per heavy atom. The number of nitrogens with one attached hydrogen (secondary N) is 2. The molecule has 0 aromatic carbocycles. The van der Waals surface area contributed by atoms with E-state index < -0.39 is 37.5 Å². The summed E-state index contributed by atoms with van der Waals surface area (Å²) in [7, 11) is 0. The average Bonchev–Trinajstić information content (AvgIpc) is 3.23. The van der Waals surface area contributed by atoms with E-state index in [-0.39, 0.29) is 51.1 Å². The molecule has 0 aliphatic carbocycles. The maximum Gasteiger partial charge on any atom is 0.234 e. The highest BCUT2D eigenvalue weighted by molar-refractivity contribution is 5.79. The van der Waals surface area contributed by atoms with E-state index >= 15 is 0 Å². The summed E-state index contributed by atoms with van der Waals surface area (Å²) in [6, 6.07) is 0. The minimum atomic E-state index is -1.36. The van der Waals surface area contributed by atoms with E-state index in [2.05, 4.69) is 24.5 Å². The van der Waals surface area contributed by atoms with Crippen molar-refractivity contribution < 1.29 is 39.3 Å². The Hall–Kier alpha value is -2.77. The molecule has 2 amide bonds. The number of nitrogens with zero attached hydrogens (tertiary/aromatic N) is 3. The van der Waals surface area contributed by atoms with Crippen LogP contribution in [0.3, 0.4) is 0 Å². The number of carbonyl (C=O) groups excluding carboxylic acids is 5. The maximum absolute atomic E-state index is 12.7. The summed E-state index contributed by atoms with van der Waals surface area (Å²) in [6.07, 6.45) is 40.3. The van der Waals surface area contributed by atoms with Crippen molar-refractivity contribution in [1.82, 2.24) is 25.3 Å². The highest BCUT2D eigenvalue weighted by atomic mass is 16.4. The Morgan fingerprint density at radius 2 is 0.508 bits per heavy atom. The van der Waals surface area contributed by atoms with Gasteiger partial charge in [0, 0.05) is 58.9 Å². The van der Waals surface area contributed by atoms with Crippen LogP contribution in [0.4, 0.5) is 0 Å². The quantitative estimate of drug-likeness (QED) is 0.0693. The lowest BCUT2D eigenvalue weighted by Crippen LogP contribution is -2.50. The molecule has 0 bridgehead atoms. The topological polar surface area (TPSA) is 188 Å². The Morgan fingerprint density at radius 1 is 0.302 bits per heavy atom. The lowest BCUT2D eigenvalue weighted by atomic mass is 10.0. The number of carboxylic acids is 3. The molecule has 0 fully saturated rings. The van der Waals surface area contributed by atoms with Gasteiger partial charge in [-0.15, -0.1) is 0 Å². The third kappa shape index (κ3) is 45.6. The summed E-state index contributed by atoms with van der Waals surface area (Å²) in [6.45, 7) is 3.83. The van der Waals surface area contributed by atoms with Crippen molar-refractivity contribution in [3.8, 4) is 0 Å². The predicted octanol–water partition coefficient (Wildman–Crippen LogP) is 5.90. The van der Waals surface area contributed by atoms with Crippen molar-refractivity contribution >= 4 is 29.7 Å². The number of aliphatic carboxylic acids is 3. The summed E-state index contributed by atoms with van der Waals surface area (Å²) in [5.41, 5.74) is 0. The van der Waals surface area contributed by atoms with Gasteiger partial charge in [-0.2, -0.15) is 0 Å². The molecule has 0 rings (SSSR count). The van der Waals surface area contributed by atoms with Gasteiger partial charge >= 0.3 is 0 Å². The molecule has 370 valence electrons. The van der Waals surface area contributed by atoms with Crippen molar-refractivity contribution in [2.75, 3.05) is 72.0 Å². The summed E-state index contributed by atoms with van der Waals surface area (Å²) in [5, 5.41) is 40.3. The van der Waals surface area contributed by atoms with Gasteiger partial charge in [0.2, 0.25) is 11.8 Å². The van der Waals surface area contributed by atoms with Crippen LogP contribution >= 0.6 is 0 Å². The molecule has 0 aliphatic heterocycles. The molecule has 0 saturated heterocycles. The Bertz CT molecular complexity index is 1040.